The number of piperidine rings is 1. The molecule has 4 nitrogen and oxygen atoms in total. The fourth-order valence-electron chi connectivity index (χ4n) is 2.58. The van der Waals surface area contributed by atoms with Gasteiger partial charge in [0.25, 0.3) is 0 Å². The fourth-order valence-corrected chi connectivity index (χ4v) is 2.58. The molecule has 1 aromatic heterocycles. The fraction of sp³-hybridized carbons (Fsp3) is 0.667. The predicted octanol–water partition coefficient (Wildman–Crippen LogP) is 2.37. The number of nitrogens with zero attached hydrogens (tertiary/aromatic N) is 1. The van der Waals surface area contributed by atoms with Crippen LogP contribution in [0, 0.1) is 13.8 Å². The summed E-state index contributed by atoms with van der Waals surface area (Å²) in [5, 5.41) is 3.48. The van der Waals surface area contributed by atoms with Crippen LogP contribution < -0.4 is 10.1 Å². The van der Waals surface area contributed by atoms with Gasteiger partial charge in [-0.25, -0.2) is 0 Å². The zero-order chi connectivity index (χ0) is 13.7. The van der Waals surface area contributed by atoms with Crippen molar-refractivity contribution in [3.05, 3.63) is 23.0 Å². The van der Waals surface area contributed by atoms with E-state index < -0.39 is 0 Å². The first-order valence-corrected chi connectivity index (χ1v) is 7.02. The van der Waals surface area contributed by atoms with Crippen molar-refractivity contribution in [2.24, 2.45) is 0 Å². The van der Waals surface area contributed by atoms with Gasteiger partial charge in [-0.05, 0) is 33.2 Å². The molecular weight excluding hydrogens is 240 g/mol. The monoisotopic (exact) mass is 264 g/mol. The summed E-state index contributed by atoms with van der Waals surface area (Å²) in [4.78, 5) is 4.44. The molecule has 0 radical (unpaired) electrons. The molecular formula is C15H24N2O2. The first-order chi connectivity index (χ1) is 9.22. The first kappa shape index (κ1) is 14.3. The van der Waals surface area contributed by atoms with Crippen molar-refractivity contribution in [1.82, 2.24) is 10.3 Å². The van der Waals surface area contributed by atoms with Gasteiger partial charge in [0.1, 0.15) is 5.75 Å². The van der Waals surface area contributed by atoms with Crippen LogP contribution in [0.15, 0.2) is 6.20 Å². The number of aryl methyl sites for hydroxylation is 1. The van der Waals surface area contributed by atoms with Gasteiger partial charge in [-0.3, -0.25) is 4.98 Å². The van der Waals surface area contributed by atoms with Gasteiger partial charge in [0, 0.05) is 23.4 Å². The van der Waals surface area contributed by atoms with Gasteiger partial charge in [0.15, 0.2) is 0 Å². The lowest BCUT2D eigenvalue weighted by Crippen LogP contribution is -2.37. The maximum Gasteiger partial charge on any atom is 0.128 e. The molecule has 0 bridgehead atoms. The van der Waals surface area contributed by atoms with E-state index in [9.17, 15) is 0 Å². The van der Waals surface area contributed by atoms with Crippen LogP contribution in [0.4, 0.5) is 0 Å². The number of hydrogen-bond donors (Lipinski definition) is 1. The second kappa shape index (κ2) is 6.87. The average Bonchev–Trinajstić information content (AvgIpc) is 2.43. The Hall–Kier alpha value is -1.13. The molecule has 1 fully saturated rings. The molecule has 1 saturated heterocycles. The van der Waals surface area contributed by atoms with Crippen LogP contribution in [0.3, 0.4) is 0 Å². The highest BCUT2D eigenvalue weighted by molar-refractivity contribution is 5.40. The van der Waals surface area contributed by atoms with E-state index in [1.165, 1.54) is 19.3 Å². The molecule has 0 aromatic carbocycles. The third kappa shape index (κ3) is 3.67. The van der Waals surface area contributed by atoms with Crippen molar-refractivity contribution < 1.29 is 9.47 Å². The molecule has 0 amide bonds. The molecule has 0 saturated carbocycles. The van der Waals surface area contributed by atoms with Crippen LogP contribution in [0.1, 0.15) is 36.1 Å². The molecule has 1 aliphatic heterocycles. The molecule has 19 heavy (non-hydrogen) atoms. The summed E-state index contributed by atoms with van der Waals surface area (Å²) < 4.78 is 11.2. The normalized spacial score (nSPS) is 19.4. The standard InChI is InChI=1S/C15H24N2O2/c1-11-8-17-14(12(2)15(11)18-3)10-19-9-13-6-4-5-7-16-13/h8,13,16H,4-7,9-10H2,1-3H3. The average molecular weight is 264 g/mol. The van der Waals surface area contributed by atoms with Crippen LogP contribution in [-0.4, -0.2) is 31.3 Å². The Kier molecular flexibility index (Phi) is 5.16. The summed E-state index contributed by atoms with van der Waals surface area (Å²) in [6, 6.07) is 0.501. The summed E-state index contributed by atoms with van der Waals surface area (Å²) in [5.41, 5.74) is 3.12. The highest BCUT2D eigenvalue weighted by Crippen LogP contribution is 2.24. The summed E-state index contributed by atoms with van der Waals surface area (Å²) >= 11 is 0. The van der Waals surface area contributed by atoms with Gasteiger partial charge in [0.05, 0.1) is 26.0 Å². The highest BCUT2D eigenvalue weighted by atomic mass is 16.5. The molecule has 4 heteroatoms. The van der Waals surface area contributed by atoms with Crippen molar-refractivity contribution in [3.63, 3.8) is 0 Å². The lowest BCUT2D eigenvalue weighted by Gasteiger charge is -2.23. The van der Waals surface area contributed by atoms with E-state index in [1.54, 1.807) is 7.11 Å². The maximum atomic E-state index is 5.80. The number of ether oxygens (including phenoxy) is 2. The SMILES string of the molecule is COc1c(C)cnc(COCC2CCCCN2)c1C. The Balaban J connectivity index is 1.88. The minimum Gasteiger partial charge on any atom is -0.496 e. The van der Waals surface area contributed by atoms with Crippen LogP contribution in [0.5, 0.6) is 5.75 Å². The number of methoxy groups -OCH3 is 1. The smallest absolute Gasteiger partial charge is 0.128 e. The molecule has 1 aliphatic rings. The Bertz CT molecular complexity index is 415. The Morgan fingerprint density at radius 1 is 1.37 bits per heavy atom. The van der Waals surface area contributed by atoms with Crippen molar-refractivity contribution in [2.45, 2.75) is 45.8 Å². The van der Waals surface area contributed by atoms with Crippen molar-refractivity contribution in [2.75, 3.05) is 20.3 Å². The Morgan fingerprint density at radius 3 is 2.89 bits per heavy atom. The van der Waals surface area contributed by atoms with Gasteiger partial charge in [-0.2, -0.15) is 0 Å². The van der Waals surface area contributed by atoms with Gasteiger partial charge in [-0.15, -0.1) is 0 Å². The van der Waals surface area contributed by atoms with Crippen molar-refractivity contribution in [1.29, 1.82) is 0 Å². The summed E-state index contributed by atoms with van der Waals surface area (Å²) in [6.07, 6.45) is 5.65. The van der Waals surface area contributed by atoms with Gasteiger partial charge in [0.2, 0.25) is 0 Å². The van der Waals surface area contributed by atoms with E-state index in [4.69, 9.17) is 9.47 Å². The highest BCUT2D eigenvalue weighted by Gasteiger charge is 2.14. The molecule has 1 N–H and O–H groups in total. The molecule has 1 atom stereocenters. The first-order valence-electron chi connectivity index (χ1n) is 7.02. The molecule has 106 valence electrons. The van der Waals surface area contributed by atoms with Gasteiger partial charge < -0.3 is 14.8 Å². The Labute approximate surface area is 115 Å². The topological polar surface area (TPSA) is 43.4 Å². The number of nitrogens with one attached hydrogen (secondary N) is 1. The van der Waals surface area contributed by atoms with Crippen LogP contribution >= 0.6 is 0 Å². The molecule has 1 aromatic rings. The van der Waals surface area contributed by atoms with E-state index in [-0.39, 0.29) is 0 Å². The Morgan fingerprint density at radius 2 is 2.21 bits per heavy atom. The minimum atomic E-state index is 0.501. The molecule has 2 heterocycles. The van der Waals surface area contributed by atoms with E-state index in [1.807, 2.05) is 20.0 Å². The molecule has 1 unspecified atom stereocenters. The largest absolute Gasteiger partial charge is 0.496 e. The molecule has 0 spiro atoms. The van der Waals surface area contributed by atoms with E-state index in [0.29, 0.717) is 12.6 Å². The van der Waals surface area contributed by atoms with E-state index in [0.717, 1.165) is 35.7 Å². The number of rotatable bonds is 5. The third-order valence-corrected chi connectivity index (χ3v) is 3.72. The second-order valence-electron chi connectivity index (χ2n) is 5.21. The van der Waals surface area contributed by atoms with Crippen LogP contribution in [0.2, 0.25) is 0 Å². The quantitative estimate of drug-likeness (QED) is 0.886. The van der Waals surface area contributed by atoms with E-state index >= 15 is 0 Å². The minimum absolute atomic E-state index is 0.501. The lowest BCUT2D eigenvalue weighted by atomic mass is 10.1. The summed E-state index contributed by atoms with van der Waals surface area (Å²) in [6.45, 7) is 6.48. The van der Waals surface area contributed by atoms with Crippen LogP contribution in [-0.2, 0) is 11.3 Å². The van der Waals surface area contributed by atoms with Crippen LogP contribution in [0.25, 0.3) is 0 Å². The lowest BCUT2D eigenvalue weighted by molar-refractivity contribution is 0.0885. The maximum absolute atomic E-state index is 5.80. The summed E-state index contributed by atoms with van der Waals surface area (Å²) in [5.74, 6) is 0.921. The number of hydrogen-bond acceptors (Lipinski definition) is 4. The summed E-state index contributed by atoms with van der Waals surface area (Å²) in [7, 11) is 1.70. The van der Waals surface area contributed by atoms with Gasteiger partial charge >= 0.3 is 0 Å². The van der Waals surface area contributed by atoms with E-state index in [2.05, 4.69) is 10.3 Å². The van der Waals surface area contributed by atoms with Gasteiger partial charge in [-0.1, -0.05) is 6.42 Å². The number of pyridine rings is 1. The zero-order valence-corrected chi connectivity index (χ0v) is 12.2. The third-order valence-electron chi connectivity index (χ3n) is 3.72. The van der Waals surface area contributed by atoms with Crippen molar-refractivity contribution >= 4 is 0 Å². The molecule has 2 rings (SSSR count). The van der Waals surface area contributed by atoms with Crippen molar-refractivity contribution in [3.8, 4) is 5.75 Å². The predicted molar refractivity (Wildman–Crippen MR) is 75.6 cm³/mol. The second-order valence-corrected chi connectivity index (χ2v) is 5.21. The number of aromatic nitrogens is 1. The molecule has 0 aliphatic carbocycles. The zero-order valence-electron chi connectivity index (χ0n) is 12.2.